The van der Waals surface area contributed by atoms with Gasteiger partial charge in [0.05, 0.1) is 0 Å². The third-order valence-corrected chi connectivity index (χ3v) is 1.67. The number of nitrogens with zero attached hydrogens (tertiary/aromatic N) is 3. The molecule has 0 bridgehead atoms. The van der Waals surface area contributed by atoms with Gasteiger partial charge >= 0.3 is 0 Å². The summed E-state index contributed by atoms with van der Waals surface area (Å²) in [4.78, 5) is 0. The summed E-state index contributed by atoms with van der Waals surface area (Å²) in [5, 5.41) is 17.3. The molecule has 0 aromatic rings. The number of hydrogen-bond donors (Lipinski definition) is 1. The molecule has 1 rings (SSSR count). The maximum atomic E-state index is 9.76. The van der Waals surface area contributed by atoms with Crippen molar-refractivity contribution in [3.8, 4) is 0 Å². The highest BCUT2D eigenvalue weighted by Gasteiger charge is 2.35. The Morgan fingerprint density at radius 2 is 2.18 bits per heavy atom. The van der Waals surface area contributed by atoms with Crippen molar-refractivity contribution < 1.29 is 5.11 Å². The first kappa shape index (κ1) is 8.49. The SMILES string of the molecule is CC1=NN(N(C)C)C(C)(O)C1. The molecular weight excluding hydrogens is 142 g/mol. The molecule has 0 aromatic carbocycles. The first-order valence-electron chi connectivity index (χ1n) is 3.67. The Morgan fingerprint density at radius 3 is 2.36 bits per heavy atom. The fourth-order valence-corrected chi connectivity index (χ4v) is 1.38. The standard InChI is InChI=1S/C7H15N3O/c1-6-5-7(2,11)10(8-6)9(3)4/h11H,5H2,1-4H3. The second-order valence-electron chi connectivity index (χ2n) is 3.37. The predicted octanol–water partition coefficient (Wildman–Crippen LogP) is 0.253. The average Bonchev–Trinajstić information content (AvgIpc) is 2.04. The fraction of sp³-hybridized carbons (Fsp3) is 0.857. The lowest BCUT2D eigenvalue weighted by atomic mass is 10.1. The zero-order valence-electron chi connectivity index (χ0n) is 7.50. The van der Waals surface area contributed by atoms with Gasteiger partial charge in [0, 0.05) is 26.2 Å². The molecule has 0 aliphatic carbocycles. The second-order valence-corrected chi connectivity index (χ2v) is 3.37. The van der Waals surface area contributed by atoms with Crippen LogP contribution in [0.4, 0.5) is 0 Å². The monoisotopic (exact) mass is 157 g/mol. The van der Waals surface area contributed by atoms with Gasteiger partial charge in [-0.2, -0.15) is 10.2 Å². The zero-order valence-corrected chi connectivity index (χ0v) is 7.50. The van der Waals surface area contributed by atoms with Gasteiger partial charge in [0.2, 0.25) is 0 Å². The largest absolute Gasteiger partial charge is 0.368 e. The highest BCUT2D eigenvalue weighted by molar-refractivity contribution is 5.83. The molecule has 0 saturated heterocycles. The van der Waals surface area contributed by atoms with E-state index in [1.807, 2.05) is 21.0 Å². The Morgan fingerprint density at radius 1 is 1.64 bits per heavy atom. The summed E-state index contributed by atoms with van der Waals surface area (Å²) in [7, 11) is 3.72. The molecule has 4 nitrogen and oxygen atoms in total. The van der Waals surface area contributed by atoms with Crippen molar-refractivity contribution in [2.75, 3.05) is 14.1 Å². The number of hydrogen-bond acceptors (Lipinski definition) is 4. The van der Waals surface area contributed by atoms with Crippen LogP contribution in [0.15, 0.2) is 5.10 Å². The molecule has 4 heteroatoms. The Kier molecular flexibility index (Phi) is 1.90. The third-order valence-electron chi connectivity index (χ3n) is 1.67. The molecule has 11 heavy (non-hydrogen) atoms. The zero-order chi connectivity index (χ0) is 8.65. The quantitative estimate of drug-likeness (QED) is 0.593. The maximum absolute atomic E-state index is 9.76. The molecule has 0 spiro atoms. The van der Waals surface area contributed by atoms with Gasteiger partial charge in [0.25, 0.3) is 0 Å². The normalized spacial score (nSPS) is 31.5. The van der Waals surface area contributed by atoms with Crippen LogP contribution in [0.1, 0.15) is 20.3 Å². The number of hydrazone groups is 1. The molecule has 1 unspecified atom stereocenters. The summed E-state index contributed by atoms with van der Waals surface area (Å²) >= 11 is 0. The van der Waals surface area contributed by atoms with Crippen molar-refractivity contribution in [2.45, 2.75) is 26.0 Å². The van der Waals surface area contributed by atoms with Crippen LogP contribution in [0.2, 0.25) is 0 Å². The Bertz CT molecular complexity index is 186. The van der Waals surface area contributed by atoms with Crippen molar-refractivity contribution in [1.82, 2.24) is 10.1 Å². The summed E-state index contributed by atoms with van der Waals surface area (Å²) in [6, 6.07) is 0. The molecule has 1 aliphatic rings. The molecule has 1 N–H and O–H groups in total. The first-order chi connectivity index (χ1) is 4.93. The van der Waals surface area contributed by atoms with E-state index in [9.17, 15) is 5.11 Å². The van der Waals surface area contributed by atoms with Gasteiger partial charge in [0.15, 0.2) is 5.72 Å². The number of rotatable bonds is 1. The van der Waals surface area contributed by atoms with Crippen LogP contribution in [0.25, 0.3) is 0 Å². The molecule has 64 valence electrons. The summed E-state index contributed by atoms with van der Waals surface area (Å²) in [6.45, 7) is 3.67. The first-order valence-corrected chi connectivity index (χ1v) is 3.67. The van der Waals surface area contributed by atoms with E-state index in [0.29, 0.717) is 6.42 Å². The van der Waals surface area contributed by atoms with Gasteiger partial charge in [-0.1, -0.05) is 0 Å². The van der Waals surface area contributed by atoms with Crippen LogP contribution in [0.5, 0.6) is 0 Å². The minimum Gasteiger partial charge on any atom is -0.368 e. The molecule has 0 aromatic heterocycles. The summed E-state index contributed by atoms with van der Waals surface area (Å²) in [5.74, 6) is 0. The molecule has 1 atom stereocenters. The Balaban J connectivity index is 2.78. The Hall–Kier alpha value is -0.610. The van der Waals surface area contributed by atoms with Crippen molar-refractivity contribution in [3.05, 3.63) is 0 Å². The molecule has 0 fully saturated rings. The Labute approximate surface area is 67.1 Å². The van der Waals surface area contributed by atoms with Gasteiger partial charge in [-0.05, 0) is 13.8 Å². The molecule has 0 saturated carbocycles. The van der Waals surface area contributed by atoms with Crippen molar-refractivity contribution in [2.24, 2.45) is 5.10 Å². The van der Waals surface area contributed by atoms with Crippen LogP contribution >= 0.6 is 0 Å². The molecule has 0 amide bonds. The summed E-state index contributed by atoms with van der Waals surface area (Å²) in [6.07, 6.45) is 0.616. The topological polar surface area (TPSA) is 39.1 Å². The van der Waals surface area contributed by atoms with E-state index in [-0.39, 0.29) is 0 Å². The third kappa shape index (κ3) is 1.52. The summed E-state index contributed by atoms with van der Waals surface area (Å²) in [5.41, 5.74) is 0.122. The van der Waals surface area contributed by atoms with Gasteiger partial charge in [-0.3, -0.25) is 0 Å². The smallest absolute Gasteiger partial charge is 0.172 e. The summed E-state index contributed by atoms with van der Waals surface area (Å²) < 4.78 is 0. The van der Waals surface area contributed by atoms with E-state index >= 15 is 0 Å². The highest BCUT2D eigenvalue weighted by Crippen LogP contribution is 2.24. The number of hydrazine groups is 1. The van der Waals surface area contributed by atoms with E-state index in [2.05, 4.69) is 5.10 Å². The van der Waals surface area contributed by atoms with Gasteiger partial charge in [-0.15, -0.1) is 0 Å². The van der Waals surface area contributed by atoms with Gasteiger partial charge in [-0.25, -0.2) is 5.01 Å². The minimum absolute atomic E-state index is 0.616. The van der Waals surface area contributed by atoms with Crippen LogP contribution in [0, 0.1) is 0 Å². The van der Waals surface area contributed by atoms with Gasteiger partial charge in [0.1, 0.15) is 0 Å². The van der Waals surface area contributed by atoms with E-state index in [1.54, 1.807) is 17.1 Å². The van der Waals surface area contributed by atoms with E-state index in [1.165, 1.54) is 0 Å². The van der Waals surface area contributed by atoms with Crippen LogP contribution in [0.3, 0.4) is 0 Å². The van der Waals surface area contributed by atoms with Crippen LogP contribution in [-0.4, -0.2) is 40.8 Å². The second kappa shape index (κ2) is 2.46. The maximum Gasteiger partial charge on any atom is 0.172 e. The average molecular weight is 157 g/mol. The van der Waals surface area contributed by atoms with Gasteiger partial charge < -0.3 is 5.11 Å². The molecule has 0 radical (unpaired) electrons. The minimum atomic E-state index is -0.840. The van der Waals surface area contributed by atoms with Crippen molar-refractivity contribution >= 4 is 5.71 Å². The van der Waals surface area contributed by atoms with E-state index in [0.717, 1.165) is 5.71 Å². The fourth-order valence-electron chi connectivity index (χ4n) is 1.38. The molecule has 1 aliphatic heterocycles. The van der Waals surface area contributed by atoms with Crippen molar-refractivity contribution in [3.63, 3.8) is 0 Å². The lowest BCUT2D eigenvalue weighted by Crippen LogP contribution is -2.46. The van der Waals surface area contributed by atoms with E-state index in [4.69, 9.17) is 0 Å². The van der Waals surface area contributed by atoms with Crippen molar-refractivity contribution in [1.29, 1.82) is 0 Å². The highest BCUT2D eigenvalue weighted by atomic mass is 16.3. The molecule has 1 heterocycles. The lowest BCUT2D eigenvalue weighted by molar-refractivity contribution is -0.170. The van der Waals surface area contributed by atoms with Crippen LogP contribution in [-0.2, 0) is 0 Å². The number of aliphatic hydroxyl groups is 1. The molecular formula is C7H15N3O. The lowest BCUT2D eigenvalue weighted by Gasteiger charge is -2.33. The van der Waals surface area contributed by atoms with E-state index < -0.39 is 5.72 Å². The van der Waals surface area contributed by atoms with Crippen LogP contribution < -0.4 is 0 Å². The predicted molar refractivity (Wildman–Crippen MR) is 43.9 cm³/mol.